The van der Waals surface area contributed by atoms with Gasteiger partial charge >= 0.3 is 0 Å². The van der Waals surface area contributed by atoms with Gasteiger partial charge in [-0.05, 0) is 42.8 Å². The summed E-state index contributed by atoms with van der Waals surface area (Å²) in [6.45, 7) is 1.77. The van der Waals surface area contributed by atoms with Crippen molar-refractivity contribution in [3.05, 3.63) is 70.5 Å². The molecule has 1 aromatic carbocycles. The minimum Gasteiger partial charge on any atom is -0.455 e. The van der Waals surface area contributed by atoms with Gasteiger partial charge in [0.25, 0.3) is 0 Å². The summed E-state index contributed by atoms with van der Waals surface area (Å²) in [5, 5.41) is 0.247. The fourth-order valence-electron chi connectivity index (χ4n) is 4.11. The predicted molar refractivity (Wildman–Crippen MR) is 113 cm³/mol. The number of ether oxygens (including phenoxy) is 1. The summed E-state index contributed by atoms with van der Waals surface area (Å²) < 4.78 is 20.5. The maximum absolute atomic E-state index is 14.4. The molecule has 2 aliphatic rings. The summed E-state index contributed by atoms with van der Waals surface area (Å²) in [5.41, 5.74) is 7.60. The summed E-state index contributed by atoms with van der Waals surface area (Å²) >= 11 is 6.26. The van der Waals surface area contributed by atoms with E-state index in [4.69, 9.17) is 27.1 Å². The van der Waals surface area contributed by atoms with Crippen molar-refractivity contribution in [3.63, 3.8) is 0 Å². The summed E-state index contributed by atoms with van der Waals surface area (Å²) in [4.78, 5) is 26.9. The normalized spacial score (nSPS) is 19.5. The van der Waals surface area contributed by atoms with E-state index in [1.54, 1.807) is 50.4 Å². The van der Waals surface area contributed by atoms with Crippen molar-refractivity contribution < 1.29 is 13.9 Å². The van der Waals surface area contributed by atoms with Crippen molar-refractivity contribution in [2.24, 2.45) is 10.7 Å². The van der Waals surface area contributed by atoms with Crippen molar-refractivity contribution in [1.82, 2.24) is 14.9 Å². The van der Waals surface area contributed by atoms with Gasteiger partial charge in [0.2, 0.25) is 11.9 Å². The zero-order valence-electron chi connectivity index (χ0n) is 16.7. The Morgan fingerprint density at radius 2 is 2.06 bits per heavy atom. The Morgan fingerprint density at radius 1 is 1.26 bits per heavy atom. The van der Waals surface area contributed by atoms with E-state index in [-0.39, 0.29) is 23.4 Å². The van der Waals surface area contributed by atoms with Gasteiger partial charge in [-0.3, -0.25) is 9.69 Å². The van der Waals surface area contributed by atoms with E-state index < -0.39 is 11.5 Å². The second-order valence-corrected chi connectivity index (χ2v) is 7.91. The Morgan fingerprint density at radius 3 is 2.81 bits per heavy atom. The van der Waals surface area contributed by atoms with Crippen LogP contribution >= 0.6 is 11.6 Å². The average molecular weight is 438 g/mol. The van der Waals surface area contributed by atoms with Crippen molar-refractivity contribution in [2.45, 2.75) is 18.9 Å². The number of nitrogens with zero attached hydrogens (tertiary/aromatic N) is 4. The molecule has 1 amide bonds. The fourth-order valence-corrected chi connectivity index (χ4v) is 4.35. The predicted octanol–water partition coefficient (Wildman–Crippen LogP) is 3.77. The molecule has 0 bridgehead atoms. The van der Waals surface area contributed by atoms with Crippen LogP contribution in [0.5, 0.6) is 11.5 Å². The number of fused-ring (bicyclic) bond motifs is 4. The highest BCUT2D eigenvalue weighted by Crippen LogP contribution is 2.54. The summed E-state index contributed by atoms with van der Waals surface area (Å²) in [7, 11) is 1.57. The van der Waals surface area contributed by atoms with Crippen molar-refractivity contribution in [3.8, 4) is 22.6 Å². The van der Waals surface area contributed by atoms with Gasteiger partial charge in [-0.2, -0.15) is 4.39 Å². The summed E-state index contributed by atoms with van der Waals surface area (Å²) in [5.74, 6) is 0.223. The minimum absolute atomic E-state index is 0.00627. The molecule has 0 saturated heterocycles. The molecule has 1 spiro atoms. The number of aryl methyl sites for hydroxylation is 1. The van der Waals surface area contributed by atoms with E-state index >= 15 is 0 Å². The van der Waals surface area contributed by atoms with E-state index in [0.29, 0.717) is 39.4 Å². The highest BCUT2D eigenvalue weighted by Gasteiger charge is 2.48. The van der Waals surface area contributed by atoms with Gasteiger partial charge in [-0.25, -0.2) is 15.0 Å². The number of carbonyl (C=O) groups is 1. The van der Waals surface area contributed by atoms with Crippen LogP contribution in [-0.2, 0) is 10.3 Å². The zero-order chi connectivity index (χ0) is 21.9. The molecule has 7 nitrogen and oxygen atoms in total. The SMILES string of the molecule is Cc1nc(Cl)cc2c1Oc1ccc(-c3cccnc3F)cc1[C@@]21CC(=O)N(C)C(N)=N1. The lowest BCUT2D eigenvalue weighted by Gasteiger charge is -2.41. The highest BCUT2D eigenvalue weighted by atomic mass is 35.5. The minimum atomic E-state index is -1.18. The molecule has 5 rings (SSSR count). The Hall–Kier alpha value is -3.52. The molecule has 0 fully saturated rings. The quantitative estimate of drug-likeness (QED) is 0.585. The van der Waals surface area contributed by atoms with Crippen LogP contribution in [0.4, 0.5) is 4.39 Å². The molecule has 4 heterocycles. The molecule has 1 atom stereocenters. The number of aromatic nitrogens is 2. The van der Waals surface area contributed by atoms with Crippen LogP contribution in [0.3, 0.4) is 0 Å². The summed E-state index contributed by atoms with van der Waals surface area (Å²) in [6.07, 6.45) is 1.39. The van der Waals surface area contributed by atoms with Crippen molar-refractivity contribution in [2.75, 3.05) is 7.05 Å². The largest absolute Gasteiger partial charge is 0.455 e. The molecule has 0 unspecified atom stereocenters. The third-order valence-electron chi connectivity index (χ3n) is 5.69. The first-order chi connectivity index (χ1) is 14.8. The molecule has 9 heteroatoms. The zero-order valence-corrected chi connectivity index (χ0v) is 17.4. The Kier molecular flexibility index (Phi) is 4.23. The molecule has 0 radical (unpaired) electrons. The van der Waals surface area contributed by atoms with Crippen molar-refractivity contribution in [1.29, 1.82) is 0 Å². The van der Waals surface area contributed by atoms with Gasteiger partial charge in [-0.15, -0.1) is 0 Å². The third-order valence-corrected chi connectivity index (χ3v) is 5.89. The van der Waals surface area contributed by atoms with Gasteiger partial charge in [0.05, 0.1) is 12.1 Å². The van der Waals surface area contributed by atoms with E-state index in [9.17, 15) is 9.18 Å². The van der Waals surface area contributed by atoms with Crippen LogP contribution in [0.2, 0.25) is 5.15 Å². The van der Waals surface area contributed by atoms with E-state index in [2.05, 4.69) is 9.97 Å². The molecule has 2 aliphatic heterocycles. The Labute approximate surface area is 182 Å². The van der Waals surface area contributed by atoms with Crippen LogP contribution in [0, 0.1) is 12.9 Å². The summed E-state index contributed by atoms with van der Waals surface area (Å²) in [6, 6.07) is 10.2. The third kappa shape index (κ3) is 2.86. The topological polar surface area (TPSA) is 93.7 Å². The Balaban J connectivity index is 1.83. The molecule has 156 valence electrons. The number of rotatable bonds is 1. The van der Waals surface area contributed by atoms with Gasteiger partial charge < -0.3 is 10.5 Å². The molecule has 0 aliphatic carbocycles. The lowest BCUT2D eigenvalue weighted by atomic mass is 9.76. The Bertz CT molecular complexity index is 1290. The van der Waals surface area contributed by atoms with Gasteiger partial charge in [0, 0.05) is 29.9 Å². The monoisotopic (exact) mass is 437 g/mol. The second-order valence-electron chi connectivity index (χ2n) is 7.52. The number of pyridine rings is 2. The number of guanidine groups is 1. The maximum Gasteiger partial charge on any atom is 0.232 e. The van der Waals surface area contributed by atoms with Gasteiger partial charge in [0.15, 0.2) is 11.7 Å². The lowest BCUT2D eigenvalue weighted by molar-refractivity contribution is -0.128. The molecule has 3 aromatic rings. The van der Waals surface area contributed by atoms with Crippen LogP contribution in [0.15, 0.2) is 47.6 Å². The number of halogens is 2. The lowest BCUT2D eigenvalue weighted by Crippen LogP contribution is -2.49. The van der Waals surface area contributed by atoms with E-state index in [0.717, 1.165) is 0 Å². The van der Waals surface area contributed by atoms with Gasteiger partial charge in [-0.1, -0.05) is 17.7 Å². The molecular formula is C22H17ClFN5O2. The number of nitrogens with two attached hydrogens (primary N) is 1. The number of amides is 1. The molecule has 0 saturated carbocycles. The van der Waals surface area contributed by atoms with Crippen LogP contribution in [0.1, 0.15) is 23.2 Å². The maximum atomic E-state index is 14.4. The van der Waals surface area contributed by atoms with E-state index in [1.165, 1.54) is 11.1 Å². The van der Waals surface area contributed by atoms with Crippen LogP contribution in [-0.4, -0.2) is 33.8 Å². The molecule has 31 heavy (non-hydrogen) atoms. The molecular weight excluding hydrogens is 421 g/mol. The van der Waals surface area contributed by atoms with Gasteiger partial charge in [0.1, 0.15) is 16.4 Å². The van der Waals surface area contributed by atoms with Crippen LogP contribution in [0.25, 0.3) is 11.1 Å². The molecule has 2 aromatic heterocycles. The fraction of sp³-hybridized carbons (Fsp3) is 0.182. The van der Waals surface area contributed by atoms with Crippen molar-refractivity contribution >= 4 is 23.5 Å². The first-order valence-electron chi connectivity index (χ1n) is 9.53. The highest BCUT2D eigenvalue weighted by molar-refractivity contribution is 6.29. The number of carbonyl (C=O) groups excluding carboxylic acids is 1. The first-order valence-corrected chi connectivity index (χ1v) is 9.91. The number of hydrogen-bond acceptors (Lipinski definition) is 6. The number of benzene rings is 1. The van der Waals surface area contributed by atoms with E-state index in [1.807, 2.05) is 0 Å². The average Bonchev–Trinajstić information content (AvgIpc) is 2.73. The smallest absolute Gasteiger partial charge is 0.232 e. The number of aliphatic imine (C=N–C) groups is 1. The van der Waals surface area contributed by atoms with Crippen LogP contribution < -0.4 is 10.5 Å². The standard InChI is InChI=1S/C22H17ClFN5O2/c1-11-19-15(9-17(23)27-11)22(10-18(30)29(2)21(25)28-22)14-8-12(5-6-16(14)31-19)13-4-3-7-26-20(13)24/h3-9H,10H2,1-2H3,(H2,25,28)/t22-/m0/s1. The second kappa shape index (κ2) is 6.75. The number of hydrogen-bond donors (Lipinski definition) is 1. The molecule has 2 N–H and O–H groups in total. The first kappa shape index (κ1) is 19.4.